The topological polar surface area (TPSA) is 25.2 Å². The molecule has 0 amide bonds. The van der Waals surface area contributed by atoms with Crippen LogP contribution in [0.2, 0.25) is 13.6 Å². The maximum absolute atomic E-state index is 4.28. The van der Waals surface area contributed by atoms with Gasteiger partial charge in [0.25, 0.3) is 0 Å². The van der Waals surface area contributed by atoms with Gasteiger partial charge in [0.05, 0.1) is 12.2 Å². The first-order valence-corrected chi connectivity index (χ1v) is 4.26. The van der Waals surface area contributed by atoms with Gasteiger partial charge in [0, 0.05) is 18.0 Å². The number of hydrogen-bond acceptors (Lipinski definition) is 2. The highest BCUT2D eigenvalue weighted by Crippen LogP contribution is 2.09. The van der Waals surface area contributed by atoms with E-state index in [1.54, 1.807) is 0 Å². The summed E-state index contributed by atoms with van der Waals surface area (Å²) in [5, 5.41) is 0. The van der Waals surface area contributed by atoms with E-state index < -0.39 is 0 Å². The normalized spacial score (nSPS) is 13.2. The van der Waals surface area contributed by atoms with E-state index in [4.69, 9.17) is 0 Å². The molecule has 1 aromatic rings. The zero-order valence-electron chi connectivity index (χ0n) is 7.41. The molecule has 1 aliphatic heterocycles. The SMILES string of the molecule is CB(C)c1ccnc2c1C=NC2. The molecular formula is C9H11BN2. The first kappa shape index (κ1) is 7.53. The Bertz CT molecular complexity index is 331. The van der Waals surface area contributed by atoms with Gasteiger partial charge in [-0.05, 0) is 6.07 Å². The third-order valence-corrected chi connectivity index (χ3v) is 2.19. The minimum atomic E-state index is 0.561. The van der Waals surface area contributed by atoms with E-state index in [0.717, 1.165) is 12.2 Å². The highest BCUT2D eigenvalue weighted by Gasteiger charge is 2.14. The van der Waals surface area contributed by atoms with E-state index >= 15 is 0 Å². The van der Waals surface area contributed by atoms with Crippen molar-refractivity contribution in [3.05, 3.63) is 23.5 Å². The van der Waals surface area contributed by atoms with Crippen molar-refractivity contribution in [1.82, 2.24) is 4.98 Å². The summed E-state index contributed by atoms with van der Waals surface area (Å²) in [5.74, 6) is 0. The lowest BCUT2D eigenvalue weighted by Gasteiger charge is -2.06. The molecule has 0 fully saturated rings. The number of nitrogens with zero attached hydrogens (tertiary/aromatic N) is 2. The van der Waals surface area contributed by atoms with Gasteiger partial charge >= 0.3 is 0 Å². The Morgan fingerprint density at radius 3 is 3.00 bits per heavy atom. The predicted octanol–water partition coefficient (Wildman–Crippen LogP) is 0.975. The molecule has 0 N–H and O–H groups in total. The quantitative estimate of drug-likeness (QED) is 0.559. The summed E-state index contributed by atoms with van der Waals surface area (Å²) in [5.41, 5.74) is 3.73. The summed E-state index contributed by atoms with van der Waals surface area (Å²) in [7, 11) is 0. The van der Waals surface area contributed by atoms with Crippen LogP contribution in [0.5, 0.6) is 0 Å². The second-order valence-corrected chi connectivity index (χ2v) is 3.39. The number of aliphatic imine (C=N–C) groups is 1. The number of rotatable bonds is 1. The van der Waals surface area contributed by atoms with Crippen molar-refractivity contribution in [3.63, 3.8) is 0 Å². The van der Waals surface area contributed by atoms with Crippen LogP contribution in [0, 0.1) is 0 Å². The molecular weight excluding hydrogens is 147 g/mol. The van der Waals surface area contributed by atoms with Crippen LogP contribution in [0.4, 0.5) is 0 Å². The van der Waals surface area contributed by atoms with Crippen molar-refractivity contribution >= 4 is 18.4 Å². The van der Waals surface area contributed by atoms with Crippen LogP contribution in [0.1, 0.15) is 11.3 Å². The molecule has 0 radical (unpaired) electrons. The minimum Gasteiger partial charge on any atom is -0.286 e. The monoisotopic (exact) mass is 158 g/mol. The third kappa shape index (κ3) is 1.05. The van der Waals surface area contributed by atoms with Crippen molar-refractivity contribution in [2.75, 3.05) is 0 Å². The van der Waals surface area contributed by atoms with E-state index in [2.05, 4.69) is 29.7 Å². The van der Waals surface area contributed by atoms with Gasteiger partial charge in [-0.2, -0.15) is 0 Å². The fraction of sp³-hybridized carbons (Fsp3) is 0.333. The molecule has 3 heteroatoms. The van der Waals surface area contributed by atoms with Gasteiger partial charge in [-0.25, -0.2) is 0 Å². The van der Waals surface area contributed by atoms with E-state index in [0.29, 0.717) is 6.71 Å². The summed E-state index contributed by atoms with van der Waals surface area (Å²) in [6.45, 7) is 5.71. The van der Waals surface area contributed by atoms with E-state index in [9.17, 15) is 0 Å². The molecule has 2 nitrogen and oxygen atoms in total. The second kappa shape index (κ2) is 2.74. The van der Waals surface area contributed by atoms with Gasteiger partial charge in [-0.15, -0.1) is 0 Å². The first-order chi connectivity index (χ1) is 5.79. The molecule has 1 aromatic heterocycles. The van der Waals surface area contributed by atoms with Gasteiger partial charge in [0.2, 0.25) is 0 Å². The molecule has 12 heavy (non-hydrogen) atoms. The molecule has 60 valence electrons. The highest BCUT2D eigenvalue weighted by molar-refractivity contribution is 6.71. The number of hydrogen-bond donors (Lipinski definition) is 0. The average Bonchev–Trinajstić information content (AvgIpc) is 2.49. The predicted molar refractivity (Wildman–Crippen MR) is 52.7 cm³/mol. The van der Waals surface area contributed by atoms with Crippen LogP contribution in [-0.4, -0.2) is 17.9 Å². The molecule has 0 unspecified atom stereocenters. The number of aromatic nitrogens is 1. The lowest BCUT2D eigenvalue weighted by Crippen LogP contribution is -2.27. The molecule has 2 rings (SSSR count). The van der Waals surface area contributed by atoms with Gasteiger partial charge < -0.3 is 0 Å². The fourth-order valence-electron chi connectivity index (χ4n) is 1.54. The lowest BCUT2D eigenvalue weighted by molar-refractivity contribution is 1.03. The maximum atomic E-state index is 4.28. The van der Waals surface area contributed by atoms with Crippen molar-refractivity contribution in [2.45, 2.75) is 20.2 Å². The molecule has 0 saturated heterocycles. The smallest absolute Gasteiger partial charge is 0.170 e. The van der Waals surface area contributed by atoms with Crippen LogP contribution in [0.3, 0.4) is 0 Å². The van der Waals surface area contributed by atoms with Gasteiger partial charge in [0.1, 0.15) is 0 Å². The second-order valence-electron chi connectivity index (χ2n) is 3.39. The zero-order chi connectivity index (χ0) is 8.55. The van der Waals surface area contributed by atoms with Crippen LogP contribution >= 0.6 is 0 Å². The Hall–Kier alpha value is -1.12. The van der Waals surface area contributed by atoms with Crippen molar-refractivity contribution < 1.29 is 0 Å². The standard InChI is InChI=1S/C9H11BN2/c1-10(2)8-3-4-12-9-6-11-5-7(8)9/h3-5H,6H2,1-2H3. The van der Waals surface area contributed by atoms with Gasteiger partial charge in [-0.3, -0.25) is 9.98 Å². The number of fused-ring (bicyclic) bond motifs is 1. The summed E-state index contributed by atoms with van der Waals surface area (Å²) in [6, 6.07) is 2.08. The minimum absolute atomic E-state index is 0.561. The third-order valence-electron chi connectivity index (χ3n) is 2.19. The first-order valence-electron chi connectivity index (χ1n) is 4.26. The Morgan fingerprint density at radius 1 is 1.42 bits per heavy atom. The van der Waals surface area contributed by atoms with Crippen molar-refractivity contribution in [3.8, 4) is 0 Å². The van der Waals surface area contributed by atoms with Crippen LogP contribution in [0.15, 0.2) is 17.3 Å². The van der Waals surface area contributed by atoms with E-state index in [1.165, 1.54) is 11.0 Å². The molecule has 0 spiro atoms. The maximum Gasteiger partial charge on any atom is 0.170 e. The van der Waals surface area contributed by atoms with Crippen LogP contribution in [-0.2, 0) is 6.54 Å². The molecule has 0 bridgehead atoms. The molecule has 0 aromatic carbocycles. The molecule has 0 aliphatic carbocycles. The Balaban J connectivity index is 2.56. The Morgan fingerprint density at radius 2 is 2.25 bits per heavy atom. The summed E-state index contributed by atoms with van der Waals surface area (Å²) in [4.78, 5) is 8.48. The summed E-state index contributed by atoms with van der Waals surface area (Å²) < 4.78 is 0. The van der Waals surface area contributed by atoms with E-state index in [1.807, 2.05) is 12.4 Å². The lowest BCUT2D eigenvalue weighted by atomic mass is 9.48. The summed E-state index contributed by atoms with van der Waals surface area (Å²) in [6.07, 6.45) is 3.82. The molecule has 1 aliphatic rings. The largest absolute Gasteiger partial charge is 0.286 e. The average molecular weight is 158 g/mol. The van der Waals surface area contributed by atoms with Crippen LogP contribution in [0.25, 0.3) is 0 Å². The number of pyridine rings is 1. The fourth-order valence-corrected chi connectivity index (χ4v) is 1.54. The molecule has 2 heterocycles. The van der Waals surface area contributed by atoms with Crippen molar-refractivity contribution in [2.24, 2.45) is 4.99 Å². The molecule has 0 atom stereocenters. The molecule has 0 saturated carbocycles. The van der Waals surface area contributed by atoms with Crippen LogP contribution < -0.4 is 5.46 Å². The van der Waals surface area contributed by atoms with Gasteiger partial charge in [0.15, 0.2) is 6.71 Å². The zero-order valence-corrected chi connectivity index (χ0v) is 7.41. The van der Waals surface area contributed by atoms with E-state index in [-0.39, 0.29) is 0 Å². The summed E-state index contributed by atoms with van der Waals surface area (Å²) >= 11 is 0. The highest BCUT2D eigenvalue weighted by atomic mass is 14.8. The van der Waals surface area contributed by atoms with Gasteiger partial charge in [-0.1, -0.05) is 19.1 Å². The Labute approximate surface area is 72.8 Å². The van der Waals surface area contributed by atoms with Crippen molar-refractivity contribution in [1.29, 1.82) is 0 Å². The Kier molecular flexibility index (Phi) is 1.72.